The van der Waals surface area contributed by atoms with E-state index in [0.717, 1.165) is 29.6 Å². The monoisotopic (exact) mass is 373 g/mol. The topological polar surface area (TPSA) is 72.0 Å². The van der Waals surface area contributed by atoms with Crippen molar-refractivity contribution in [3.8, 4) is 0 Å². The summed E-state index contributed by atoms with van der Waals surface area (Å²) in [4.78, 5) is 21.4. The van der Waals surface area contributed by atoms with Gasteiger partial charge in [0.1, 0.15) is 5.75 Å². The predicted octanol–water partition coefficient (Wildman–Crippen LogP) is 3.42. The van der Waals surface area contributed by atoms with Gasteiger partial charge in [0, 0.05) is 16.8 Å². The molecule has 26 heavy (non-hydrogen) atoms. The summed E-state index contributed by atoms with van der Waals surface area (Å²) in [6.45, 7) is 1.88. The first-order chi connectivity index (χ1) is 12.6. The van der Waals surface area contributed by atoms with Gasteiger partial charge in [0.2, 0.25) is 5.91 Å². The molecule has 1 aromatic carbocycles. The fraction of sp³-hybridized carbons (Fsp3) is 0.550. The van der Waals surface area contributed by atoms with E-state index in [4.69, 9.17) is 0 Å². The zero-order valence-electron chi connectivity index (χ0n) is 15.4. The van der Waals surface area contributed by atoms with Gasteiger partial charge in [0.05, 0.1) is 28.2 Å². The van der Waals surface area contributed by atoms with Crippen molar-refractivity contribution in [2.75, 3.05) is 5.75 Å². The average Bonchev–Trinajstić information content (AvgIpc) is 2.57. The maximum atomic E-state index is 12.5. The van der Waals surface area contributed by atoms with E-state index in [1.807, 2.05) is 31.2 Å². The molecule has 0 spiro atoms. The van der Waals surface area contributed by atoms with Gasteiger partial charge in [-0.15, -0.1) is 0 Å². The molecule has 1 heterocycles. The third-order valence-corrected chi connectivity index (χ3v) is 6.08. The number of nitrogens with zero attached hydrogens (tertiary/aromatic N) is 2. The average molecular weight is 374 g/mol. The van der Waals surface area contributed by atoms with Crippen LogP contribution in [0.3, 0.4) is 0 Å². The lowest BCUT2D eigenvalue weighted by atomic mass is 9.97. The minimum atomic E-state index is -1.28. The van der Waals surface area contributed by atoms with E-state index in [0.29, 0.717) is 5.69 Å². The summed E-state index contributed by atoms with van der Waals surface area (Å²) in [7, 11) is -1.28. The van der Waals surface area contributed by atoms with Gasteiger partial charge >= 0.3 is 0 Å². The lowest BCUT2D eigenvalue weighted by Gasteiger charge is -2.20. The maximum absolute atomic E-state index is 12.5. The molecule has 1 amide bonds. The van der Waals surface area contributed by atoms with E-state index < -0.39 is 10.8 Å². The molecular formula is C20H27N3O2S. The molecule has 1 N–H and O–H groups in total. The van der Waals surface area contributed by atoms with Gasteiger partial charge in [-0.05, 0) is 31.9 Å². The standard InChI is InChI=1S/C20H27N3O2S/c1-15-19(23-18-12-8-7-11-17(18)21-15)13-26(25)14-20(24)22-16-9-5-3-2-4-6-10-16/h7-8,11-12,16H,2-6,9-10,13-14H2,1H3,(H,22,24). The number of aromatic nitrogens is 2. The van der Waals surface area contributed by atoms with E-state index >= 15 is 0 Å². The van der Waals surface area contributed by atoms with Gasteiger partial charge in [0.25, 0.3) is 0 Å². The number of para-hydroxylation sites is 2. The molecule has 1 aromatic heterocycles. The Morgan fingerprint density at radius 1 is 1.08 bits per heavy atom. The van der Waals surface area contributed by atoms with Crippen molar-refractivity contribution in [1.29, 1.82) is 0 Å². The minimum Gasteiger partial charge on any atom is -0.353 e. The molecule has 1 fully saturated rings. The number of amides is 1. The number of fused-ring (bicyclic) bond motifs is 1. The Balaban J connectivity index is 1.56. The second kappa shape index (κ2) is 9.21. The number of aryl methyl sites for hydroxylation is 1. The first-order valence-electron chi connectivity index (χ1n) is 9.48. The van der Waals surface area contributed by atoms with E-state index in [9.17, 15) is 9.00 Å². The van der Waals surface area contributed by atoms with E-state index in [1.165, 1.54) is 32.1 Å². The van der Waals surface area contributed by atoms with Gasteiger partial charge < -0.3 is 5.32 Å². The van der Waals surface area contributed by atoms with Gasteiger partial charge in [-0.2, -0.15) is 0 Å². The third kappa shape index (κ3) is 5.34. The number of nitrogens with one attached hydrogen (secondary N) is 1. The predicted molar refractivity (Wildman–Crippen MR) is 105 cm³/mol. The number of carbonyl (C=O) groups excluding carboxylic acids is 1. The Kier molecular flexibility index (Phi) is 6.72. The van der Waals surface area contributed by atoms with Crippen molar-refractivity contribution in [1.82, 2.24) is 15.3 Å². The summed E-state index contributed by atoms with van der Waals surface area (Å²) in [5.41, 5.74) is 3.11. The second-order valence-electron chi connectivity index (χ2n) is 7.08. The van der Waals surface area contributed by atoms with Crippen molar-refractivity contribution in [2.45, 2.75) is 63.7 Å². The number of hydrogen-bond donors (Lipinski definition) is 1. The Morgan fingerprint density at radius 2 is 1.69 bits per heavy atom. The van der Waals surface area contributed by atoms with E-state index in [1.54, 1.807) is 0 Å². The summed E-state index contributed by atoms with van der Waals surface area (Å²) in [6.07, 6.45) is 8.20. The number of carbonyl (C=O) groups is 1. The molecule has 0 aliphatic heterocycles. The molecule has 3 rings (SSSR count). The lowest BCUT2D eigenvalue weighted by Crippen LogP contribution is -2.38. The molecule has 0 saturated heterocycles. The molecule has 1 unspecified atom stereocenters. The smallest absolute Gasteiger partial charge is 0.232 e. The molecule has 0 bridgehead atoms. The summed E-state index contributed by atoms with van der Waals surface area (Å²) in [5, 5.41) is 3.08. The van der Waals surface area contributed by atoms with E-state index in [-0.39, 0.29) is 23.5 Å². The van der Waals surface area contributed by atoms with Gasteiger partial charge in [0.15, 0.2) is 0 Å². The van der Waals surface area contributed by atoms with Gasteiger partial charge in [-0.1, -0.05) is 44.2 Å². The highest BCUT2D eigenvalue weighted by Gasteiger charge is 2.17. The summed E-state index contributed by atoms with van der Waals surface area (Å²) < 4.78 is 12.5. The molecule has 0 radical (unpaired) electrons. The lowest BCUT2D eigenvalue weighted by molar-refractivity contribution is -0.119. The molecule has 1 atom stereocenters. The van der Waals surface area contributed by atoms with Crippen LogP contribution < -0.4 is 5.32 Å². The molecule has 1 saturated carbocycles. The molecule has 1 aliphatic rings. The van der Waals surface area contributed by atoms with Crippen LogP contribution in [0.15, 0.2) is 24.3 Å². The Labute approximate surface area is 157 Å². The van der Waals surface area contributed by atoms with Gasteiger partial charge in [-0.25, -0.2) is 9.97 Å². The normalized spacial score (nSPS) is 17.4. The zero-order chi connectivity index (χ0) is 18.4. The summed E-state index contributed by atoms with van der Waals surface area (Å²) in [6, 6.07) is 7.89. The highest BCUT2D eigenvalue weighted by atomic mass is 32.2. The van der Waals surface area contributed by atoms with Crippen LogP contribution in [0.4, 0.5) is 0 Å². The molecule has 6 heteroatoms. The van der Waals surface area contributed by atoms with Crippen LogP contribution in [0.1, 0.15) is 56.3 Å². The first kappa shape index (κ1) is 19.0. The minimum absolute atomic E-state index is 0.0322. The first-order valence-corrected chi connectivity index (χ1v) is 11.0. The summed E-state index contributed by atoms with van der Waals surface area (Å²) in [5.74, 6) is 0.187. The van der Waals surface area contributed by atoms with Crippen molar-refractivity contribution < 1.29 is 9.00 Å². The third-order valence-electron chi connectivity index (χ3n) is 4.90. The van der Waals surface area contributed by atoms with Crippen LogP contribution in [0.25, 0.3) is 11.0 Å². The van der Waals surface area contributed by atoms with Crippen molar-refractivity contribution in [2.24, 2.45) is 0 Å². The fourth-order valence-corrected chi connectivity index (χ4v) is 4.54. The molecular weight excluding hydrogens is 346 g/mol. The molecule has 1 aliphatic carbocycles. The van der Waals surface area contributed by atoms with Gasteiger partial charge in [-0.3, -0.25) is 9.00 Å². The van der Waals surface area contributed by atoms with Crippen molar-refractivity contribution in [3.05, 3.63) is 35.7 Å². The molecule has 140 valence electrons. The number of hydrogen-bond acceptors (Lipinski definition) is 4. The highest BCUT2D eigenvalue weighted by Crippen LogP contribution is 2.17. The fourth-order valence-electron chi connectivity index (χ4n) is 3.48. The van der Waals surface area contributed by atoms with Crippen molar-refractivity contribution in [3.63, 3.8) is 0 Å². The molecule has 5 nitrogen and oxygen atoms in total. The zero-order valence-corrected chi connectivity index (χ0v) is 16.2. The Morgan fingerprint density at radius 3 is 2.38 bits per heavy atom. The Hall–Kier alpha value is -1.82. The van der Waals surface area contributed by atoms with Crippen LogP contribution in [-0.2, 0) is 21.3 Å². The maximum Gasteiger partial charge on any atom is 0.232 e. The highest BCUT2D eigenvalue weighted by molar-refractivity contribution is 7.84. The second-order valence-corrected chi connectivity index (χ2v) is 8.54. The van der Waals surface area contributed by atoms with Crippen LogP contribution >= 0.6 is 0 Å². The SMILES string of the molecule is Cc1nc2ccccc2nc1CS(=O)CC(=O)NC1CCCCCCC1. The van der Waals surface area contributed by atoms with Crippen LogP contribution in [-0.4, -0.2) is 31.9 Å². The molecule has 2 aromatic rings. The Bertz CT molecular complexity index is 786. The van der Waals surface area contributed by atoms with Crippen LogP contribution in [0, 0.1) is 6.92 Å². The van der Waals surface area contributed by atoms with Crippen LogP contribution in [0.2, 0.25) is 0 Å². The number of benzene rings is 1. The van der Waals surface area contributed by atoms with Crippen LogP contribution in [0.5, 0.6) is 0 Å². The quantitative estimate of drug-likeness (QED) is 0.872. The summed E-state index contributed by atoms with van der Waals surface area (Å²) >= 11 is 0. The van der Waals surface area contributed by atoms with E-state index in [2.05, 4.69) is 15.3 Å². The number of rotatable bonds is 5. The van der Waals surface area contributed by atoms with Crippen molar-refractivity contribution >= 4 is 27.7 Å². The largest absolute Gasteiger partial charge is 0.353 e.